The Morgan fingerprint density at radius 2 is 1.66 bits per heavy atom. The van der Waals surface area contributed by atoms with Crippen LogP contribution in [0.1, 0.15) is 32.4 Å². The van der Waals surface area contributed by atoms with Crippen LogP contribution in [0.5, 0.6) is 17.2 Å². The van der Waals surface area contributed by atoms with Crippen molar-refractivity contribution in [2.45, 2.75) is 12.5 Å². The second-order valence-electron chi connectivity index (χ2n) is 6.77. The Hall–Kier alpha value is -2.99. The predicted molar refractivity (Wildman–Crippen MR) is 113 cm³/mol. The van der Waals surface area contributed by atoms with Crippen LogP contribution in [-0.4, -0.2) is 38.7 Å². The van der Waals surface area contributed by atoms with E-state index >= 15 is 0 Å². The summed E-state index contributed by atoms with van der Waals surface area (Å²) in [6.07, 6.45) is 0.845. The van der Waals surface area contributed by atoms with Gasteiger partial charge in [0.2, 0.25) is 0 Å². The van der Waals surface area contributed by atoms with Crippen molar-refractivity contribution in [2.75, 3.05) is 27.9 Å². The van der Waals surface area contributed by atoms with Crippen molar-refractivity contribution in [2.24, 2.45) is 0 Å². The van der Waals surface area contributed by atoms with Crippen molar-refractivity contribution in [1.29, 1.82) is 0 Å². The summed E-state index contributed by atoms with van der Waals surface area (Å²) in [5, 5.41) is 2.10. The fourth-order valence-corrected chi connectivity index (χ4v) is 4.78. The highest BCUT2D eigenvalue weighted by molar-refractivity contribution is 7.10. The van der Waals surface area contributed by atoms with Gasteiger partial charge in [0, 0.05) is 23.6 Å². The summed E-state index contributed by atoms with van der Waals surface area (Å²) < 4.78 is 16.3. The van der Waals surface area contributed by atoms with Crippen molar-refractivity contribution in [3.05, 3.63) is 75.5 Å². The van der Waals surface area contributed by atoms with E-state index in [2.05, 4.69) is 23.6 Å². The molecule has 0 saturated carbocycles. The molecule has 5 nitrogen and oxygen atoms in total. The molecule has 1 amide bonds. The second-order valence-corrected chi connectivity index (χ2v) is 7.77. The van der Waals surface area contributed by atoms with Gasteiger partial charge in [-0.15, -0.1) is 11.3 Å². The van der Waals surface area contributed by atoms with Gasteiger partial charge in [0.25, 0.3) is 5.91 Å². The lowest BCUT2D eigenvalue weighted by atomic mass is 9.92. The number of hydrogen-bond donors (Lipinski definition) is 0. The Kier molecular flexibility index (Phi) is 5.45. The first-order valence-corrected chi connectivity index (χ1v) is 10.3. The molecule has 0 fully saturated rings. The lowest BCUT2D eigenvalue weighted by Crippen LogP contribution is -2.40. The minimum atomic E-state index is -0.128. The number of amides is 1. The largest absolute Gasteiger partial charge is 0.496 e. The number of methoxy groups -OCH3 is 3. The monoisotopic (exact) mass is 409 g/mol. The van der Waals surface area contributed by atoms with Crippen LogP contribution in [-0.2, 0) is 6.42 Å². The first kappa shape index (κ1) is 19.3. The van der Waals surface area contributed by atoms with E-state index in [4.69, 9.17) is 14.2 Å². The molecule has 1 aliphatic rings. The topological polar surface area (TPSA) is 48.0 Å². The number of rotatable bonds is 5. The molecule has 6 heteroatoms. The van der Waals surface area contributed by atoms with E-state index in [1.54, 1.807) is 44.8 Å². The molecule has 1 unspecified atom stereocenters. The molecule has 1 atom stereocenters. The zero-order valence-corrected chi connectivity index (χ0v) is 17.5. The Bertz CT molecular complexity index is 1010. The van der Waals surface area contributed by atoms with Crippen molar-refractivity contribution in [3.63, 3.8) is 0 Å². The summed E-state index contributed by atoms with van der Waals surface area (Å²) in [4.78, 5) is 17.0. The van der Waals surface area contributed by atoms with Gasteiger partial charge < -0.3 is 19.1 Å². The van der Waals surface area contributed by atoms with Gasteiger partial charge in [-0.2, -0.15) is 0 Å². The van der Waals surface area contributed by atoms with Crippen LogP contribution >= 0.6 is 11.3 Å². The lowest BCUT2D eigenvalue weighted by Gasteiger charge is -2.36. The number of carbonyl (C=O) groups is 1. The third kappa shape index (κ3) is 3.44. The van der Waals surface area contributed by atoms with Gasteiger partial charge in [-0.1, -0.05) is 30.3 Å². The van der Waals surface area contributed by atoms with E-state index in [0.29, 0.717) is 29.4 Å². The molecular formula is C23H23NO4S. The number of nitrogens with zero attached hydrogens (tertiary/aromatic N) is 1. The Balaban J connectivity index is 1.80. The molecule has 0 radical (unpaired) electrons. The van der Waals surface area contributed by atoms with Crippen LogP contribution in [0.25, 0.3) is 0 Å². The fourth-order valence-electron chi connectivity index (χ4n) is 3.88. The molecule has 29 heavy (non-hydrogen) atoms. The van der Waals surface area contributed by atoms with Crippen LogP contribution in [0.15, 0.2) is 53.9 Å². The lowest BCUT2D eigenvalue weighted by molar-refractivity contribution is 0.0692. The van der Waals surface area contributed by atoms with Crippen molar-refractivity contribution in [3.8, 4) is 17.2 Å². The molecule has 2 aromatic carbocycles. The highest BCUT2D eigenvalue weighted by Gasteiger charge is 2.34. The SMILES string of the molecule is COc1cc(OC)c(C(=O)N2CCc3sccc3C2c2ccccc2)cc1OC. The highest BCUT2D eigenvalue weighted by atomic mass is 32.1. The van der Waals surface area contributed by atoms with Gasteiger partial charge in [0.05, 0.1) is 32.9 Å². The number of thiophene rings is 1. The zero-order valence-electron chi connectivity index (χ0n) is 16.7. The van der Waals surface area contributed by atoms with Crippen LogP contribution < -0.4 is 14.2 Å². The van der Waals surface area contributed by atoms with E-state index < -0.39 is 0 Å². The first-order chi connectivity index (χ1) is 14.2. The predicted octanol–water partition coefficient (Wildman–Crippen LogP) is 4.56. The van der Waals surface area contributed by atoms with Gasteiger partial charge in [-0.25, -0.2) is 0 Å². The maximum atomic E-state index is 13.7. The molecule has 0 spiro atoms. The first-order valence-electron chi connectivity index (χ1n) is 9.40. The highest BCUT2D eigenvalue weighted by Crippen LogP contribution is 2.41. The van der Waals surface area contributed by atoms with Crippen molar-refractivity contribution < 1.29 is 19.0 Å². The van der Waals surface area contributed by atoms with Crippen LogP contribution in [0.4, 0.5) is 0 Å². The van der Waals surface area contributed by atoms with Gasteiger partial charge >= 0.3 is 0 Å². The molecule has 150 valence electrons. The molecule has 0 bridgehead atoms. The number of carbonyl (C=O) groups excluding carboxylic acids is 1. The van der Waals surface area contributed by atoms with Crippen molar-refractivity contribution in [1.82, 2.24) is 4.90 Å². The van der Waals surface area contributed by atoms with Crippen molar-refractivity contribution >= 4 is 17.2 Å². The Morgan fingerprint density at radius 3 is 2.34 bits per heavy atom. The summed E-state index contributed by atoms with van der Waals surface area (Å²) in [7, 11) is 4.68. The molecule has 0 aliphatic carbocycles. The normalized spacial score (nSPS) is 15.6. The summed E-state index contributed by atoms with van der Waals surface area (Å²) in [6, 6.07) is 15.6. The van der Waals surface area contributed by atoms with E-state index in [0.717, 1.165) is 12.0 Å². The van der Waals surface area contributed by atoms with E-state index in [1.807, 2.05) is 23.1 Å². The van der Waals surface area contributed by atoms with E-state index in [1.165, 1.54) is 10.4 Å². The number of fused-ring (bicyclic) bond motifs is 1. The standard InChI is InChI=1S/C23H23NO4S/c1-26-18-14-20(28-3)19(27-2)13-17(18)23(25)24-11-9-21-16(10-12-29-21)22(24)15-7-5-4-6-8-15/h4-8,10,12-14,22H,9,11H2,1-3H3. The average molecular weight is 410 g/mol. The fraction of sp³-hybridized carbons (Fsp3) is 0.261. The van der Waals surface area contributed by atoms with Gasteiger partial charge in [0.15, 0.2) is 11.5 Å². The summed E-state index contributed by atoms with van der Waals surface area (Å²) in [6.45, 7) is 0.642. The van der Waals surface area contributed by atoms with Crippen LogP contribution in [0, 0.1) is 0 Å². The maximum absolute atomic E-state index is 13.7. The average Bonchev–Trinajstić information content (AvgIpc) is 3.26. The third-order valence-corrected chi connectivity index (χ3v) is 6.27. The molecule has 4 rings (SSSR count). The summed E-state index contributed by atoms with van der Waals surface area (Å²) >= 11 is 1.75. The van der Waals surface area contributed by atoms with Gasteiger partial charge in [0.1, 0.15) is 5.75 Å². The smallest absolute Gasteiger partial charge is 0.258 e. The summed E-state index contributed by atoms with van der Waals surface area (Å²) in [5.74, 6) is 1.41. The van der Waals surface area contributed by atoms with E-state index in [-0.39, 0.29) is 11.9 Å². The Morgan fingerprint density at radius 1 is 0.966 bits per heavy atom. The molecule has 3 aromatic rings. The number of ether oxygens (including phenoxy) is 3. The summed E-state index contributed by atoms with van der Waals surface area (Å²) in [5.41, 5.74) is 2.75. The molecule has 0 N–H and O–H groups in total. The molecule has 2 heterocycles. The quantitative estimate of drug-likeness (QED) is 0.620. The minimum Gasteiger partial charge on any atom is -0.496 e. The van der Waals surface area contributed by atoms with Crippen LogP contribution in [0.3, 0.4) is 0 Å². The third-order valence-electron chi connectivity index (χ3n) is 5.28. The second kappa shape index (κ2) is 8.17. The zero-order chi connectivity index (χ0) is 20.4. The van der Waals surface area contributed by atoms with Crippen LogP contribution in [0.2, 0.25) is 0 Å². The minimum absolute atomic E-state index is 0.0893. The molecule has 0 saturated heterocycles. The molecule has 1 aromatic heterocycles. The van der Waals surface area contributed by atoms with Gasteiger partial charge in [-0.05, 0) is 29.0 Å². The molecule has 1 aliphatic heterocycles. The Labute approximate surface area is 174 Å². The van der Waals surface area contributed by atoms with Gasteiger partial charge in [-0.3, -0.25) is 4.79 Å². The number of benzene rings is 2. The number of hydrogen-bond acceptors (Lipinski definition) is 5. The maximum Gasteiger partial charge on any atom is 0.258 e. The molecular weight excluding hydrogens is 386 g/mol. The van der Waals surface area contributed by atoms with E-state index in [9.17, 15) is 4.79 Å².